The van der Waals surface area contributed by atoms with Gasteiger partial charge in [-0.3, -0.25) is 0 Å². The molecule has 1 aromatic rings. The lowest BCUT2D eigenvalue weighted by atomic mass is 10.3. The molecule has 0 aromatic heterocycles. The molecule has 1 rings (SSSR count). The van der Waals surface area contributed by atoms with Gasteiger partial charge < -0.3 is 60.3 Å². The van der Waals surface area contributed by atoms with Crippen LogP contribution in [-0.2, 0) is 25.3 Å². The molecule has 0 aliphatic heterocycles. The van der Waals surface area contributed by atoms with E-state index in [-0.39, 0.29) is 0 Å². The van der Waals surface area contributed by atoms with Gasteiger partial charge in [0, 0.05) is 11.4 Å². The average molecular weight is 258 g/mol. The number of benzene rings is 1. The number of hydrogen-bond donors (Lipinski definition) is 2. The Morgan fingerprint density at radius 3 is 1.36 bits per heavy atom. The summed E-state index contributed by atoms with van der Waals surface area (Å²) in [6, 6.07) is 7.37. The number of hydrogen-bond acceptors (Lipinski definition) is 4. The first-order chi connectivity index (χ1) is 6.58. The van der Waals surface area contributed by atoms with Gasteiger partial charge in [-0.2, -0.15) is 0 Å². The lowest BCUT2D eigenvalue weighted by Crippen LogP contribution is -2.06. The quantitative estimate of drug-likeness (QED) is 0.623. The summed E-state index contributed by atoms with van der Waals surface area (Å²) >= 11 is 18.9. The fraction of sp³-hybridized carbons (Fsp3) is 0. The Labute approximate surface area is 104 Å². The standard InChI is InChI=1S/C8H8N2S4/c11-7(12)9-5-1-2-6(4-3-5)10-8(13)14/h1-4H,(H2,9,11,12)(H2,10,13,14)/p-2. The molecule has 14 heavy (non-hydrogen) atoms. The van der Waals surface area contributed by atoms with Gasteiger partial charge in [-0.1, -0.05) is 8.64 Å². The van der Waals surface area contributed by atoms with Crippen LogP contribution in [0.2, 0.25) is 0 Å². The molecule has 0 bridgehead atoms. The summed E-state index contributed by atoms with van der Waals surface area (Å²) in [5.41, 5.74) is 1.71. The minimum absolute atomic E-state index is 0.324. The summed E-state index contributed by atoms with van der Waals surface area (Å²) < 4.78 is 0.647. The Hall–Kier alpha value is -0.560. The predicted molar refractivity (Wildman–Crippen MR) is 73.6 cm³/mol. The molecule has 0 aliphatic carbocycles. The normalized spacial score (nSPS) is 9.14. The summed E-state index contributed by atoms with van der Waals surface area (Å²) in [6.07, 6.45) is 0. The minimum Gasteiger partial charge on any atom is -0.411 e. The molecule has 74 valence electrons. The first kappa shape index (κ1) is 11.5. The summed E-state index contributed by atoms with van der Waals surface area (Å²) in [4.78, 5) is 0. The molecule has 1 aromatic carbocycles. The van der Waals surface area contributed by atoms with E-state index in [1.165, 1.54) is 0 Å². The predicted octanol–water partition coefficient (Wildman–Crippen LogP) is 2.17. The SMILES string of the molecule is S=C([S-])Nc1ccc(NC(=S)[S-])cc1. The highest BCUT2D eigenvalue weighted by Crippen LogP contribution is 2.13. The molecular weight excluding hydrogens is 252 g/mol. The third kappa shape index (κ3) is 4.10. The van der Waals surface area contributed by atoms with Gasteiger partial charge in [0.15, 0.2) is 0 Å². The Balaban J connectivity index is 2.68. The van der Waals surface area contributed by atoms with Crippen LogP contribution in [0, 0.1) is 0 Å². The van der Waals surface area contributed by atoms with Crippen molar-refractivity contribution in [3.63, 3.8) is 0 Å². The van der Waals surface area contributed by atoms with E-state index in [2.05, 4.69) is 10.6 Å². The zero-order valence-corrected chi connectivity index (χ0v) is 10.2. The van der Waals surface area contributed by atoms with Crippen LogP contribution in [-0.4, -0.2) is 8.64 Å². The first-order valence-electron chi connectivity index (χ1n) is 3.64. The average Bonchev–Trinajstić information content (AvgIpc) is 2.06. The van der Waals surface area contributed by atoms with Crippen LogP contribution in [0.25, 0.3) is 0 Å². The molecule has 0 spiro atoms. The lowest BCUT2D eigenvalue weighted by molar-refractivity contribution is 1.63. The van der Waals surface area contributed by atoms with Crippen molar-refractivity contribution in [3.05, 3.63) is 24.3 Å². The zero-order valence-electron chi connectivity index (χ0n) is 6.94. The van der Waals surface area contributed by atoms with Crippen molar-refractivity contribution >= 4 is 69.7 Å². The second-order valence-electron chi connectivity index (χ2n) is 2.40. The van der Waals surface area contributed by atoms with E-state index in [9.17, 15) is 0 Å². The molecule has 0 saturated heterocycles. The maximum absolute atomic E-state index is 4.73. The third-order valence-electron chi connectivity index (χ3n) is 1.38. The number of nitrogens with one attached hydrogen (secondary N) is 2. The highest BCUT2D eigenvalue weighted by molar-refractivity contribution is 8.01. The maximum Gasteiger partial charge on any atom is 0.0372 e. The first-order valence-corrected chi connectivity index (χ1v) is 5.27. The van der Waals surface area contributed by atoms with Gasteiger partial charge >= 0.3 is 0 Å². The molecule has 2 N–H and O–H groups in total. The van der Waals surface area contributed by atoms with E-state index >= 15 is 0 Å². The van der Waals surface area contributed by atoms with E-state index in [1.54, 1.807) is 0 Å². The second-order valence-corrected chi connectivity index (χ2v) is 4.55. The Morgan fingerprint density at radius 2 is 1.14 bits per heavy atom. The van der Waals surface area contributed by atoms with E-state index < -0.39 is 0 Å². The van der Waals surface area contributed by atoms with Gasteiger partial charge in [0.05, 0.1) is 0 Å². The second kappa shape index (κ2) is 5.35. The molecule has 6 heteroatoms. The molecule has 0 saturated carbocycles. The van der Waals surface area contributed by atoms with Crippen LogP contribution in [0.3, 0.4) is 0 Å². The molecule has 0 aliphatic rings. The fourth-order valence-corrected chi connectivity index (χ4v) is 1.34. The van der Waals surface area contributed by atoms with Crippen LogP contribution in [0.1, 0.15) is 0 Å². The Morgan fingerprint density at radius 1 is 0.857 bits per heavy atom. The molecular formula is C8H6N2S4-2. The van der Waals surface area contributed by atoms with Gasteiger partial charge in [-0.05, 0) is 24.3 Å². The third-order valence-corrected chi connectivity index (χ3v) is 1.79. The lowest BCUT2D eigenvalue weighted by Gasteiger charge is -2.12. The van der Waals surface area contributed by atoms with Crippen molar-refractivity contribution in [2.45, 2.75) is 0 Å². The molecule has 0 atom stereocenters. The summed E-state index contributed by atoms with van der Waals surface area (Å²) in [6.45, 7) is 0. The highest BCUT2D eigenvalue weighted by Gasteiger charge is 1.90. The van der Waals surface area contributed by atoms with Crippen LogP contribution in [0.5, 0.6) is 0 Å². The number of rotatable bonds is 2. The van der Waals surface area contributed by atoms with E-state index in [0.717, 1.165) is 11.4 Å². The van der Waals surface area contributed by atoms with E-state index in [0.29, 0.717) is 8.64 Å². The molecule has 0 unspecified atom stereocenters. The van der Waals surface area contributed by atoms with Crippen molar-refractivity contribution in [1.29, 1.82) is 0 Å². The smallest absolute Gasteiger partial charge is 0.0372 e. The summed E-state index contributed by atoms with van der Waals surface area (Å²) in [7, 11) is 0. The fourth-order valence-electron chi connectivity index (χ4n) is 0.873. The van der Waals surface area contributed by atoms with Gasteiger partial charge in [0.25, 0.3) is 0 Å². The van der Waals surface area contributed by atoms with Gasteiger partial charge in [0.2, 0.25) is 0 Å². The van der Waals surface area contributed by atoms with Crippen LogP contribution in [0.15, 0.2) is 24.3 Å². The molecule has 0 heterocycles. The monoisotopic (exact) mass is 258 g/mol. The van der Waals surface area contributed by atoms with Crippen LogP contribution < -0.4 is 10.6 Å². The molecule has 0 radical (unpaired) electrons. The number of thiocarbonyl (C=S) groups is 2. The molecule has 0 fully saturated rings. The van der Waals surface area contributed by atoms with Crippen molar-refractivity contribution in [3.8, 4) is 0 Å². The minimum atomic E-state index is 0.324. The highest BCUT2D eigenvalue weighted by atomic mass is 32.1. The largest absolute Gasteiger partial charge is 0.411 e. The van der Waals surface area contributed by atoms with Crippen molar-refractivity contribution < 1.29 is 0 Å². The topological polar surface area (TPSA) is 24.1 Å². The Kier molecular flexibility index (Phi) is 4.40. The van der Waals surface area contributed by atoms with Crippen molar-refractivity contribution in [1.82, 2.24) is 0 Å². The van der Waals surface area contributed by atoms with E-state index in [4.69, 9.17) is 49.7 Å². The number of anilines is 2. The summed E-state index contributed by atoms with van der Waals surface area (Å²) in [5.74, 6) is 0. The van der Waals surface area contributed by atoms with Crippen LogP contribution >= 0.6 is 24.4 Å². The van der Waals surface area contributed by atoms with Crippen LogP contribution in [0.4, 0.5) is 11.4 Å². The van der Waals surface area contributed by atoms with Crippen molar-refractivity contribution in [2.75, 3.05) is 10.6 Å². The van der Waals surface area contributed by atoms with Crippen molar-refractivity contribution in [2.24, 2.45) is 0 Å². The summed E-state index contributed by atoms with van der Waals surface area (Å²) in [5, 5.41) is 5.69. The van der Waals surface area contributed by atoms with Gasteiger partial charge in [-0.25, -0.2) is 0 Å². The van der Waals surface area contributed by atoms with E-state index in [1.807, 2.05) is 24.3 Å². The molecule has 2 nitrogen and oxygen atoms in total. The zero-order chi connectivity index (χ0) is 10.6. The maximum atomic E-state index is 4.73. The van der Waals surface area contributed by atoms with Gasteiger partial charge in [-0.15, -0.1) is 0 Å². The Bertz CT molecular complexity index is 312. The van der Waals surface area contributed by atoms with Gasteiger partial charge in [0.1, 0.15) is 0 Å². The molecule has 0 amide bonds.